The van der Waals surface area contributed by atoms with Crippen molar-refractivity contribution < 1.29 is 0 Å². The Morgan fingerprint density at radius 1 is 0.375 bits per heavy atom. The maximum Gasteiger partial charge on any atom is -0.106 e. The van der Waals surface area contributed by atoms with Crippen molar-refractivity contribution in [1.29, 1.82) is 0 Å². The van der Waals surface area contributed by atoms with Crippen LogP contribution in [0.1, 0.15) is 0 Å². The van der Waals surface area contributed by atoms with Gasteiger partial charge in [-0.2, -0.15) is 0 Å². The quantitative estimate of drug-likeness (QED) is 0.573. The Morgan fingerprint density at radius 2 is 0.375 bits per heavy atom. The molecule has 0 saturated carbocycles. The maximum absolute atomic E-state index is 3.00. The highest BCUT2D eigenvalue weighted by atomic mass is 79.9. The van der Waals surface area contributed by atoms with Crippen LogP contribution in [-0.2, 0) is 0 Å². The zero-order valence-corrected chi connectivity index (χ0v) is 8.49. The molecular weight excluding hydrogens is 232 g/mol. The van der Waals surface area contributed by atoms with Gasteiger partial charge in [-0.3, -0.25) is 0 Å². The molecule has 0 aromatic rings. The van der Waals surface area contributed by atoms with Crippen LogP contribution < -0.4 is 0 Å². The van der Waals surface area contributed by atoms with E-state index in [1.807, 2.05) is 0 Å². The third-order valence-electron chi connectivity index (χ3n) is 0. The van der Waals surface area contributed by atoms with Crippen LogP contribution in [0.2, 0.25) is 0 Å². The predicted octanol–water partition coefficient (Wildman–Crippen LogP) is 3.56. The molecule has 0 spiro atoms. The number of halogens is 2. The minimum atomic E-state index is 0. The van der Waals surface area contributed by atoms with Crippen LogP contribution in [0.3, 0.4) is 0 Å². The van der Waals surface area contributed by atoms with Gasteiger partial charge < -0.3 is 0 Å². The lowest BCUT2D eigenvalue weighted by atomic mass is 11.3. The second-order valence-corrected chi connectivity index (χ2v) is 0. The summed E-state index contributed by atoms with van der Waals surface area (Å²) in [5.74, 6) is 0. The Kier molecular flexibility index (Phi) is 44100. The molecule has 0 nitrogen and oxygen atoms in total. The Hall–Kier alpha value is 0.180. The zero-order chi connectivity index (χ0) is 6.00. The lowest BCUT2D eigenvalue weighted by Gasteiger charge is -0.813. The lowest BCUT2D eigenvalue weighted by molar-refractivity contribution is 2.81. The monoisotopic (exact) mass is 244 g/mol. The molecule has 0 atom stereocenters. The van der Waals surface area contributed by atoms with Gasteiger partial charge in [0.05, 0.1) is 0 Å². The second kappa shape index (κ2) is 8460. The third-order valence-corrected chi connectivity index (χ3v) is 0. The first-order valence-corrected chi connectivity index (χ1v) is 1.50. The van der Waals surface area contributed by atoms with Crippen LogP contribution in [0, 0.1) is 0 Å². The van der Waals surface area contributed by atoms with E-state index in [1.54, 1.807) is 0 Å². The topological polar surface area (TPSA) is 0 Å². The number of hydrogen-bond acceptors (Lipinski definition) is 0. The molecule has 0 aliphatic heterocycles. The van der Waals surface area contributed by atoms with Crippen LogP contribution in [0.4, 0.5) is 0 Å². The first-order chi connectivity index (χ1) is 3.00. The predicted molar refractivity (Wildman–Crippen MR) is 54.4 cm³/mol. The standard InChI is InChI=1S/3C2H4.2BrH/c3*1-2;;/h3*1-2H2;2*1H. The van der Waals surface area contributed by atoms with Crippen molar-refractivity contribution in [2.24, 2.45) is 0 Å². The SMILES string of the molecule is Br.Br.C=C.C=C.C=C. The molecule has 0 aromatic carbocycles. The van der Waals surface area contributed by atoms with Crippen LogP contribution >= 0.6 is 34.0 Å². The van der Waals surface area contributed by atoms with E-state index in [0.29, 0.717) is 0 Å². The maximum atomic E-state index is 3.00. The van der Waals surface area contributed by atoms with Gasteiger partial charge in [-0.25, -0.2) is 0 Å². The average molecular weight is 246 g/mol. The molecule has 0 radical (unpaired) electrons. The van der Waals surface area contributed by atoms with E-state index in [-0.39, 0.29) is 34.0 Å². The van der Waals surface area contributed by atoms with E-state index in [9.17, 15) is 0 Å². The van der Waals surface area contributed by atoms with Crippen molar-refractivity contribution in [2.45, 2.75) is 0 Å². The third kappa shape index (κ3) is 5120. The second-order valence-electron chi connectivity index (χ2n) is 0. The molecule has 2 heteroatoms. The minimum absolute atomic E-state index is 0. The largest absolute Gasteiger partial charge is 0.114 e. The molecule has 0 heterocycles. The average Bonchev–Trinajstić information content (AvgIpc) is 1.81. The minimum Gasteiger partial charge on any atom is -0.114 e. The van der Waals surface area contributed by atoms with Gasteiger partial charge in [0.2, 0.25) is 0 Å². The summed E-state index contributed by atoms with van der Waals surface area (Å²) in [5, 5.41) is 0. The summed E-state index contributed by atoms with van der Waals surface area (Å²) in [7, 11) is 0. The molecule has 0 aromatic heterocycles. The normalized spacial score (nSPS) is 1.50. The molecule has 0 N–H and O–H groups in total. The first kappa shape index (κ1) is 41.7. The van der Waals surface area contributed by atoms with Crippen molar-refractivity contribution >= 4 is 34.0 Å². The van der Waals surface area contributed by atoms with E-state index in [1.165, 1.54) is 0 Å². The molecule has 0 amide bonds. The van der Waals surface area contributed by atoms with E-state index in [4.69, 9.17) is 0 Å². The van der Waals surface area contributed by atoms with Crippen molar-refractivity contribution in [3.8, 4) is 0 Å². The molecule has 0 saturated heterocycles. The number of hydrogen-bond donors (Lipinski definition) is 0. The van der Waals surface area contributed by atoms with Crippen molar-refractivity contribution in [1.82, 2.24) is 0 Å². The smallest absolute Gasteiger partial charge is 0.106 e. The fourth-order valence-corrected chi connectivity index (χ4v) is 0. The van der Waals surface area contributed by atoms with Gasteiger partial charge in [-0.1, -0.05) is 0 Å². The first-order valence-electron chi connectivity index (χ1n) is 1.50. The molecule has 52 valence electrons. The van der Waals surface area contributed by atoms with Crippen LogP contribution in [0.25, 0.3) is 0 Å². The van der Waals surface area contributed by atoms with Crippen LogP contribution in [0.15, 0.2) is 39.5 Å². The van der Waals surface area contributed by atoms with Gasteiger partial charge in [0.15, 0.2) is 0 Å². The summed E-state index contributed by atoms with van der Waals surface area (Å²) in [6.07, 6.45) is 0. The van der Waals surface area contributed by atoms with Crippen molar-refractivity contribution in [3.63, 3.8) is 0 Å². The zero-order valence-electron chi connectivity index (χ0n) is 5.06. The Bertz CT molecular complexity index is 11.2. The van der Waals surface area contributed by atoms with E-state index in [0.717, 1.165) is 0 Å². The number of rotatable bonds is 0. The molecular formula is C6H14Br2. The van der Waals surface area contributed by atoms with Gasteiger partial charge in [0.1, 0.15) is 0 Å². The Labute approximate surface area is 73.5 Å². The molecule has 8 heavy (non-hydrogen) atoms. The highest BCUT2D eigenvalue weighted by Crippen LogP contribution is 0.867. The summed E-state index contributed by atoms with van der Waals surface area (Å²) < 4.78 is 0. The fourth-order valence-electron chi connectivity index (χ4n) is 0. The summed E-state index contributed by atoms with van der Waals surface area (Å²) in [4.78, 5) is 0. The lowest BCUT2D eigenvalue weighted by Crippen LogP contribution is -0.552. The van der Waals surface area contributed by atoms with E-state index < -0.39 is 0 Å². The molecule has 0 bridgehead atoms. The molecule has 0 unspecified atom stereocenters. The van der Waals surface area contributed by atoms with Crippen LogP contribution in [-0.4, -0.2) is 0 Å². The molecule has 0 aliphatic carbocycles. The fraction of sp³-hybridized carbons (Fsp3) is 0. The van der Waals surface area contributed by atoms with Gasteiger partial charge in [-0.05, 0) is 0 Å². The summed E-state index contributed by atoms with van der Waals surface area (Å²) in [6, 6.07) is 0. The van der Waals surface area contributed by atoms with E-state index in [2.05, 4.69) is 39.5 Å². The summed E-state index contributed by atoms with van der Waals surface area (Å²) in [5.41, 5.74) is 0. The summed E-state index contributed by atoms with van der Waals surface area (Å²) in [6.45, 7) is 18.0. The van der Waals surface area contributed by atoms with Crippen molar-refractivity contribution in [2.75, 3.05) is 0 Å². The van der Waals surface area contributed by atoms with Crippen molar-refractivity contribution in [3.05, 3.63) is 39.5 Å². The molecule has 0 fully saturated rings. The molecule has 0 aliphatic rings. The van der Waals surface area contributed by atoms with E-state index >= 15 is 0 Å². The van der Waals surface area contributed by atoms with Gasteiger partial charge in [0, 0.05) is 0 Å². The molecule has 0 rings (SSSR count). The Morgan fingerprint density at radius 3 is 0.375 bits per heavy atom. The highest BCUT2D eigenvalue weighted by molar-refractivity contribution is 8.93. The van der Waals surface area contributed by atoms with Gasteiger partial charge >= 0.3 is 0 Å². The van der Waals surface area contributed by atoms with Gasteiger partial charge in [-0.15, -0.1) is 73.4 Å². The van der Waals surface area contributed by atoms with Gasteiger partial charge in [0.25, 0.3) is 0 Å². The van der Waals surface area contributed by atoms with Crippen LogP contribution in [0.5, 0.6) is 0 Å². The summed E-state index contributed by atoms with van der Waals surface area (Å²) >= 11 is 0. The Balaban J connectivity index is -0.00000000500. The highest BCUT2D eigenvalue weighted by Gasteiger charge is 0.605.